The second-order valence-electron chi connectivity index (χ2n) is 4.43. The SMILES string of the molecule is Fc1ccc(Br)c(F)c1CC(CCl)c1ccc(Cl)cc1. The minimum absolute atomic E-state index is 0.0416. The predicted molar refractivity (Wildman–Crippen MR) is 82.7 cm³/mol. The fraction of sp³-hybridized carbons (Fsp3) is 0.200. The topological polar surface area (TPSA) is 0 Å². The molecule has 0 nitrogen and oxygen atoms in total. The minimum atomic E-state index is -0.575. The van der Waals surface area contributed by atoms with Crippen molar-refractivity contribution in [1.29, 1.82) is 0 Å². The second kappa shape index (κ2) is 6.88. The van der Waals surface area contributed by atoms with Crippen LogP contribution >= 0.6 is 39.1 Å². The van der Waals surface area contributed by atoms with Crippen LogP contribution in [-0.4, -0.2) is 5.88 Å². The molecule has 1 atom stereocenters. The molecule has 0 amide bonds. The quantitative estimate of drug-likeness (QED) is 0.455. The van der Waals surface area contributed by atoms with Crippen molar-refractivity contribution in [3.63, 3.8) is 0 Å². The molecule has 0 aromatic heterocycles. The summed E-state index contributed by atoms with van der Waals surface area (Å²) in [5.74, 6) is -1.04. The Hall–Kier alpha value is -0.640. The highest BCUT2D eigenvalue weighted by Gasteiger charge is 2.18. The molecular weight excluding hydrogens is 369 g/mol. The summed E-state index contributed by atoms with van der Waals surface area (Å²) in [6.07, 6.45) is 0.197. The van der Waals surface area contributed by atoms with Crippen LogP contribution in [0.2, 0.25) is 5.02 Å². The highest BCUT2D eigenvalue weighted by molar-refractivity contribution is 9.10. The molecule has 0 aliphatic carbocycles. The van der Waals surface area contributed by atoms with Crippen LogP contribution in [0.15, 0.2) is 40.9 Å². The number of hydrogen-bond donors (Lipinski definition) is 0. The van der Waals surface area contributed by atoms with Crippen LogP contribution in [-0.2, 0) is 6.42 Å². The Labute approximate surface area is 134 Å². The molecule has 0 N–H and O–H groups in total. The van der Waals surface area contributed by atoms with E-state index < -0.39 is 11.6 Å². The molecule has 0 aliphatic heterocycles. The van der Waals surface area contributed by atoms with E-state index in [1.807, 2.05) is 12.1 Å². The Balaban J connectivity index is 2.31. The summed E-state index contributed by atoms with van der Waals surface area (Å²) in [5.41, 5.74) is 0.947. The van der Waals surface area contributed by atoms with E-state index >= 15 is 0 Å². The van der Waals surface area contributed by atoms with Crippen molar-refractivity contribution >= 4 is 39.1 Å². The average molecular weight is 380 g/mol. The lowest BCUT2D eigenvalue weighted by Gasteiger charge is -2.16. The molecule has 0 aliphatic rings. The molecular formula is C15H11BrCl2F2. The first-order chi connectivity index (χ1) is 9.52. The van der Waals surface area contributed by atoms with E-state index in [1.165, 1.54) is 12.1 Å². The molecule has 20 heavy (non-hydrogen) atoms. The van der Waals surface area contributed by atoms with Gasteiger partial charge in [0, 0.05) is 22.4 Å². The highest BCUT2D eigenvalue weighted by Crippen LogP contribution is 2.29. The maximum absolute atomic E-state index is 14.0. The minimum Gasteiger partial charge on any atom is -0.207 e. The second-order valence-corrected chi connectivity index (χ2v) is 6.03. The molecule has 0 heterocycles. The van der Waals surface area contributed by atoms with Crippen molar-refractivity contribution in [2.24, 2.45) is 0 Å². The van der Waals surface area contributed by atoms with Crippen LogP contribution in [0, 0.1) is 11.6 Å². The van der Waals surface area contributed by atoms with E-state index in [9.17, 15) is 8.78 Å². The summed E-state index contributed by atoms with van der Waals surface area (Å²) in [4.78, 5) is 0. The van der Waals surface area contributed by atoms with E-state index in [0.717, 1.165) is 5.56 Å². The first-order valence-corrected chi connectivity index (χ1v) is 7.67. The van der Waals surface area contributed by atoms with Gasteiger partial charge in [-0.1, -0.05) is 23.7 Å². The van der Waals surface area contributed by atoms with E-state index in [1.54, 1.807) is 12.1 Å². The van der Waals surface area contributed by atoms with Crippen molar-refractivity contribution in [2.45, 2.75) is 12.3 Å². The monoisotopic (exact) mass is 378 g/mol. The molecule has 0 saturated carbocycles. The standard InChI is InChI=1S/C15H11BrCl2F2/c16-13-5-6-14(19)12(15(13)20)7-10(8-17)9-1-3-11(18)4-2-9/h1-6,10H,7-8H2. The van der Waals surface area contributed by atoms with E-state index in [4.69, 9.17) is 23.2 Å². The normalized spacial score (nSPS) is 12.4. The molecule has 0 spiro atoms. The highest BCUT2D eigenvalue weighted by atomic mass is 79.9. The van der Waals surface area contributed by atoms with E-state index in [2.05, 4.69) is 15.9 Å². The maximum Gasteiger partial charge on any atom is 0.143 e. The van der Waals surface area contributed by atoms with Gasteiger partial charge in [-0.3, -0.25) is 0 Å². The smallest absolute Gasteiger partial charge is 0.143 e. The molecule has 2 aromatic carbocycles. The van der Waals surface area contributed by atoms with Gasteiger partial charge in [0.15, 0.2) is 0 Å². The summed E-state index contributed by atoms with van der Waals surface area (Å²) in [7, 11) is 0. The number of benzene rings is 2. The summed E-state index contributed by atoms with van der Waals surface area (Å²) in [5, 5.41) is 0.613. The molecule has 0 radical (unpaired) electrons. The number of alkyl halides is 1. The van der Waals surface area contributed by atoms with Crippen molar-refractivity contribution in [2.75, 3.05) is 5.88 Å². The third kappa shape index (κ3) is 3.51. The van der Waals surface area contributed by atoms with Crippen LogP contribution in [0.25, 0.3) is 0 Å². The average Bonchev–Trinajstić information content (AvgIpc) is 2.45. The lowest BCUT2D eigenvalue weighted by molar-refractivity contribution is 0.540. The molecule has 1 unspecified atom stereocenters. The summed E-state index contributed by atoms with van der Waals surface area (Å²) < 4.78 is 28.0. The van der Waals surface area contributed by atoms with Crippen LogP contribution in [0.5, 0.6) is 0 Å². The molecule has 0 bridgehead atoms. The third-order valence-electron chi connectivity index (χ3n) is 3.12. The van der Waals surface area contributed by atoms with Crippen LogP contribution in [0.4, 0.5) is 8.78 Å². The third-order valence-corrected chi connectivity index (χ3v) is 4.35. The number of hydrogen-bond acceptors (Lipinski definition) is 0. The molecule has 2 rings (SSSR count). The summed E-state index contributed by atoms with van der Waals surface area (Å²) in [6.45, 7) is 0. The van der Waals surface area contributed by atoms with Crippen molar-refractivity contribution in [3.05, 3.63) is 68.7 Å². The van der Waals surface area contributed by atoms with Gasteiger partial charge in [-0.25, -0.2) is 8.78 Å². The van der Waals surface area contributed by atoms with Crippen LogP contribution in [0.1, 0.15) is 17.0 Å². The van der Waals surface area contributed by atoms with Crippen LogP contribution in [0.3, 0.4) is 0 Å². The van der Waals surface area contributed by atoms with Crippen molar-refractivity contribution < 1.29 is 8.78 Å². The summed E-state index contributed by atoms with van der Waals surface area (Å²) in [6, 6.07) is 9.72. The van der Waals surface area contributed by atoms with Gasteiger partial charge in [0.2, 0.25) is 0 Å². The fourth-order valence-corrected chi connectivity index (χ4v) is 2.78. The first kappa shape index (κ1) is 15.7. The van der Waals surface area contributed by atoms with Gasteiger partial charge in [0.25, 0.3) is 0 Å². The van der Waals surface area contributed by atoms with E-state index in [-0.39, 0.29) is 28.3 Å². The van der Waals surface area contributed by atoms with Gasteiger partial charge in [0.05, 0.1) is 4.47 Å². The zero-order chi connectivity index (χ0) is 14.7. The predicted octanol–water partition coefficient (Wildman–Crippen LogP) is 5.95. The van der Waals surface area contributed by atoms with Crippen LogP contribution < -0.4 is 0 Å². The van der Waals surface area contributed by atoms with Gasteiger partial charge in [-0.2, -0.15) is 0 Å². The Bertz CT molecular complexity index is 600. The molecule has 5 heteroatoms. The van der Waals surface area contributed by atoms with Crippen molar-refractivity contribution in [3.8, 4) is 0 Å². The van der Waals surface area contributed by atoms with Gasteiger partial charge < -0.3 is 0 Å². The lowest BCUT2D eigenvalue weighted by Crippen LogP contribution is -2.08. The van der Waals surface area contributed by atoms with Gasteiger partial charge >= 0.3 is 0 Å². The Morgan fingerprint density at radius 3 is 2.30 bits per heavy atom. The maximum atomic E-state index is 14.0. The van der Waals surface area contributed by atoms with Gasteiger partial charge in [0.1, 0.15) is 11.6 Å². The largest absolute Gasteiger partial charge is 0.207 e. The number of halogens is 5. The van der Waals surface area contributed by atoms with Gasteiger partial charge in [-0.05, 0) is 52.2 Å². The molecule has 0 fully saturated rings. The molecule has 2 aromatic rings. The molecule has 106 valence electrons. The van der Waals surface area contributed by atoms with Gasteiger partial charge in [-0.15, -0.1) is 11.6 Å². The molecule has 0 saturated heterocycles. The number of rotatable bonds is 4. The lowest BCUT2D eigenvalue weighted by atomic mass is 9.93. The summed E-state index contributed by atoms with van der Waals surface area (Å²) >= 11 is 14.8. The van der Waals surface area contributed by atoms with Crippen molar-refractivity contribution in [1.82, 2.24) is 0 Å². The Kier molecular flexibility index (Phi) is 5.42. The Morgan fingerprint density at radius 2 is 1.70 bits per heavy atom. The zero-order valence-corrected chi connectivity index (χ0v) is 13.4. The Morgan fingerprint density at radius 1 is 1.05 bits per heavy atom. The zero-order valence-electron chi connectivity index (χ0n) is 10.3. The first-order valence-electron chi connectivity index (χ1n) is 5.96. The van der Waals surface area contributed by atoms with E-state index in [0.29, 0.717) is 5.02 Å². The fourth-order valence-electron chi connectivity index (χ4n) is 2.00.